The van der Waals surface area contributed by atoms with Crippen LogP contribution in [0.2, 0.25) is 0 Å². The minimum Gasteiger partial charge on any atom is -0.479 e. The van der Waals surface area contributed by atoms with Gasteiger partial charge in [-0.05, 0) is 29.2 Å². The maximum Gasteiger partial charge on any atom is 0.410 e. The molecule has 1 N–H and O–H groups in total. The Labute approximate surface area is 172 Å². The predicted molar refractivity (Wildman–Crippen MR) is 110 cm³/mol. The maximum absolute atomic E-state index is 12.8. The number of carbonyl (C=O) groups is 2. The van der Waals surface area contributed by atoms with Gasteiger partial charge < -0.3 is 9.84 Å². The number of likely N-dealkylation sites (N-methyl/N-ethyl adjacent to an activating group) is 1. The highest BCUT2D eigenvalue weighted by Crippen LogP contribution is 2.44. The third kappa shape index (κ3) is 3.49. The summed E-state index contributed by atoms with van der Waals surface area (Å²) in [6, 6.07) is 15.0. The second kappa shape index (κ2) is 8.05. The summed E-state index contributed by atoms with van der Waals surface area (Å²) in [6.45, 7) is 2.07. The van der Waals surface area contributed by atoms with Crippen molar-refractivity contribution < 1.29 is 19.4 Å². The third-order valence-corrected chi connectivity index (χ3v) is 5.79. The van der Waals surface area contributed by atoms with E-state index in [0.29, 0.717) is 5.69 Å². The van der Waals surface area contributed by atoms with Crippen LogP contribution in [-0.2, 0) is 9.53 Å². The number of carboxylic acid groups (broad SMARTS) is 1. The van der Waals surface area contributed by atoms with E-state index in [2.05, 4.69) is 17.1 Å². The average Bonchev–Trinajstić information content (AvgIpc) is 3.36. The Hall–Kier alpha value is -3.19. The van der Waals surface area contributed by atoms with Crippen LogP contribution in [0.5, 0.6) is 0 Å². The Morgan fingerprint density at radius 3 is 2.28 bits per heavy atom. The van der Waals surface area contributed by atoms with Gasteiger partial charge in [-0.25, -0.2) is 14.6 Å². The van der Waals surface area contributed by atoms with Gasteiger partial charge in [-0.15, -0.1) is 11.3 Å². The first-order valence-electron chi connectivity index (χ1n) is 9.34. The van der Waals surface area contributed by atoms with Crippen molar-refractivity contribution in [1.82, 2.24) is 9.88 Å². The van der Waals surface area contributed by atoms with Gasteiger partial charge in [-0.3, -0.25) is 4.90 Å². The lowest BCUT2D eigenvalue weighted by Crippen LogP contribution is -2.39. The third-order valence-electron chi connectivity index (χ3n) is 5.19. The molecule has 3 aromatic rings. The monoisotopic (exact) mass is 408 g/mol. The number of hydrogen-bond acceptors (Lipinski definition) is 5. The predicted octanol–water partition coefficient (Wildman–Crippen LogP) is 4.54. The molecule has 29 heavy (non-hydrogen) atoms. The van der Waals surface area contributed by atoms with Crippen molar-refractivity contribution in [3.63, 3.8) is 0 Å². The molecule has 0 saturated heterocycles. The molecule has 2 aromatic carbocycles. The standard InChI is InChI=1S/C22H20N2O4S/c1-2-24(20(21(25)26)19-12-29-13-23-19)22(27)28-11-18-16-9-5-3-7-14(16)15-8-4-6-10-17(15)18/h3-10,12-13,18,20H,2,11H2,1H3,(H,25,26). The van der Waals surface area contributed by atoms with Gasteiger partial charge in [0.05, 0.1) is 11.2 Å². The first-order chi connectivity index (χ1) is 14.1. The summed E-state index contributed by atoms with van der Waals surface area (Å²) in [4.78, 5) is 29.9. The molecular formula is C22H20N2O4S. The summed E-state index contributed by atoms with van der Waals surface area (Å²) in [7, 11) is 0. The highest BCUT2D eigenvalue weighted by atomic mass is 32.1. The van der Waals surface area contributed by atoms with E-state index >= 15 is 0 Å². The largest absolute Gasteiger partial charge is 0.479 e. The quantitative estimate of drug-likeness (QED) is 0.648. The van der Waals surface area contributed by atoms with Crippen LogP contribution in [0.4, 0.5) is 4.79 Å². The Morgan fingerprint density at radius 2 is 1.76 bits per heavy atom. The zero-order valence-electron chi connectivity index (χ0n) is 15.8. The van der Waals surface area contributed by atoms with Gasteiger partial charge in [0.1, 0.15) is 6.61 Å². The maximum atomic E-state index is 12.8. The van der Waals surface area contributed by atoms with Crippen molar-refractivity contribution in [2.45, 2.75) is 18.9 Å². The first kappa shape index (κ1) is 19.1. The van der Waals surface area contributed by atoms with Crippen molar-refractivity contribution in [1.29, 1.82) is 0 Å². The topological polar surface area (TPSA) is 79.7 Å². The van der Waals surface area contributed by atoms with E-state index in [-0.39, 0.29) is 19.1 Å². The van der Waals surface area contributed by atoms with E-state index < -0.39 is 18.1 Å². The fourth-order valence-electron chi connectivity index (χ4n) is 3.87. The number of hydrogen-bond donors (Lipinski definition) is 1. The molecule has 1 amide bonds. The summed E-state index contributed by atoms with van der Waals surface area (Å²) in [5.74, 6) is -1.21. The Balaban J connectivity index is 1.55. The number of amides is 1. The highest BCUT2D eigenvalue weighted by Gasteiger charge is 2.34. The lowest BCUT2D eigenvalue weighted by molar-refractivity contribution is -0.143. The van der Waals surface area contributed by atoms with Crippen molar-refractivity contribution in [3.8, 4) is 11.1 Å². The number of rotatable bonds is 6. The number of carboxylic acids is 1. The van der Waals surface area contributed by atoms with E-state index in [4.69, 9.17) is 4.74 Å². The van der Waals surface area contributed by atoms with Crippen LogP contribution < -0.4 is 0 Å². The van der Waals surface area contributed by atoms with Crippen LogP contribution >= 0.6 is 11.3 Å². The molecule has 1 atom stereocenters. The van der Waals surface area contributed by atoms with Crippen LogP contribution in [0.3, 0.4) is 0 Å². The van der Waals surface area contributed by atoms with Crippen molar-refractivity contribution in [3.05, 3.63) is 76.2 Å². The number of aromatic nitrogens is 1. The molecule has 0 radical (unpaired) electrons. The second-order valence-electron chi connectivity index (χ2n) is 6.74. The number of nitrogens with zero attached hydrogens (tertiary/aromatic N) is 2. The minimum atomic E-state index is -1.16. The van der Waals surface area contributed by atoms with Crippen molar-refractivity contribution in [2.24, 2.45) is 0 Å². The highest BCUT2D eigenvalue weighted by molar-refractivity contribution is 7.07. The minimum absolute atomic E-state index is 0.0763. The van der Waals surface area contributed by atoms with Crippen LogP contribution in [-0.4, -0.2) is 40.2 Å². The van der Waals surface area contributed by atoms with E-state index in [1.54, 1.807) is 17.8 Å². The Kier molecular flexibility index (Phi) is 5.31. The van der Waals surface area contributed by atoms with Gasteiger partial charge >= 0.3 is 12.1 Å². The van der Waals surface area contributed by atoms with Gasteiger partial charge in [-0.1, -0.05) is 48.5 Å². The molecule has 0 aliphatic heterocycles. The smallest absolute Gasteiger partial charge is 0.410 e. The molecule has 0 saturated carbocycles. The summed E-state index contributed by atoms with van der Waals surface area (Å²) in [6.07, 6.45) is -0.658. The van der Waals surface area contributed by atoms with E-state index in [9.17, 15) is 14.7 Å². The van der Waals surface area contributed by atoms with Gasteiger partial charge in [0, 0.05) is 17.8 Å². The Bertz CT molecular complexity index is 989. The number of fused-ring (bicyclic) bond motifs is 3. The number of benzene rings is 2. The van der Waals surface area contributed by atoms with E-state index in [1.807, 2.05) is 36.4 Å². The van der Waals surface area contributed by atoms with Crippen molar-refractivity contribution >= 4 is 23.4 Å². The molecule has 1 aliphatic carbocycles. The molecule has 1 aliphatic rings. The summed E-state index contributed by atoms with van der Waals surface area (Å²) in [5, 5.41) is 11.3. The molecule has 1 unspecified atom stereocenters. The van der Waals surface area contributed by atoms with E-state index in [1.165, 1.54) is 16.2 Å². The number of carbonyl (C=O) groups excluding carboxylic acids is 1. The van der Waals surface area contributed by atoms with Crippen LogP contribution in [0.15, 0.2) is 59.4 Å². The lowest BCUT2D eigenvalue weighted by atomic mass is 9.98. The number of aliphatic carboxylic acids is 1. The summed E-state index contributed by atoms with van der Waals surface area (Å²) >= 11 is 1.29. The van der Waals surface area contributed by atoms with E-state index in [0.717, 1.165) is 22.3 Å². The van der Waals surface area contributed by atoms with Crippen LogP contribution in [0.25, 0.3) is 11.1 Å². The van der Waals surface area contributed by atoms with Crippen molar-refractivity contribution in [2.75, 3.05) is 13.2 Å². The van der Waals surface area contributed by atoms with Crippen LogP contribution in [0, 0.1) is 0 Å². The van der Waals surface area contributed by atoms with Gasteiger partial charge in [0.15, 0.2) is 6.04 Å². The normalized spacial score (nSPS) is 13.4. The molecular weight excluding hydrogens is 388 g/mol. The lowest BCUT2D eigenvalue weighted by Gasteiger charge is -2.26. The average molecular weight is 408 g/mol. The van der Waals surface area contributed by atoms with Gasteiger partial charge in [0.2, 0.25) is 0 Å². The zero-order chi connectivity index (χ0) is 20.4. The molecule has 0 spiro atoms. The number of ether oxygens (including phenoxy) is 1. The molecule has 7 heteroatoms. The Morgan fingerprint density at radius 1 is 1.14 bits per heavy atom. The molecule has 4 rings (SSSR count). The molecule has 1 heterocycles. The molecule has 0 fully saturated rings. The fraction of sp³-hybridized carbons (Fsp3) is 0.227. The molecule has 148 valence electrons. The summed E-state index contributed by atoms with van der Waals surface area (Å²) in [5.41, 5.74) is 6.39. The summed E-state index contributed by atoms with van der Waals surface area (Å²) < 4.78 is 5.62. The van der Waals surface area contributed by atoms with Gasteiger partial charge in [-0.2, -0.15) is 0 Å². The van der Waals surface area contributed by atoms with Gasteiger partial charge in [0.25, 0.3) is 0 Å². The zero-order valence-corrected chi connectivity index (χ0v) is 16.6. The molecule has 0 bridgehead atoms. The fourth-order valence-corrected chi connectivity index (χ4v) is 4.44. The number of thiazole rings is 1. The van der Waals surface area contributed by atoms with Crippen LogP contribution in [0.1, 0.15) is 35.7 Å². The second-order valence-corrected chi connectivity index (χ2v) is 7.46. The molecule has 1 aromatic heterocycles. The first-order valence-corrected chi connectivity index (χ1v) is 10.3. The SMILES string of the molecule is CCN(C(=O)OCC1c2ccccc2-c2ccccc21)C(C(=O)O)c1cscn1. The molecule has 6 nitrogen and oxygen atoms in total.